The number of benzene rings is 4. The molecule has 5 aliphatic rings. The fourth-order valence-electron chi connectivity index (χ4n) is 12.2. The van der Waals surface area contributed by atoms with E-state index in [0.717, 1.165) is 115 Å². The molecule has 1 saturated heterocycles. The molecule has 1 amide bonds. The van der Waals surface area contributed by atoms with Gasteiger partial charge in [0, 0.05) is 61.2 Å². The Balaban J connectivity index is 1.20. The first-order chi connectivity index (χ1) is 34.5. The van der Waals surface area contributed by atoms with Crippen molar-refractivity contribution in [3.05, 3.63) is 126 Å². The van der Waals surface area contributed by atoms with Gasteiger partial charge in [-0.25, -0.2) is 0 Å². The summed E-state index contributed by atoms with van der Waals surface area (Å²) in [5, 5.41) is 27.6. The normalized spacial score (nSPS) is 25.7. The summed E-state index contributed by atoms with van der Waals surface area (Å²) in [6.07, 6.45) is 17.7. The maximum absolute atomic E-state index is 15.6. The SMILES string of the molecule is C=CCO[C@@]12Oc3ccc(OCCSc4ccccc4)cc3[C@H]3[C@H](CCCCO)[C@@H](CCCCO)C=C(C(=NOC4CCCCO4)C[C@@H]1N(Cc1cccc4ccccc14)C(=O)CCC1CCCC1)[C@H]32. The third-order valence-corrected chi connectivity index (χ3v) is 16.6. The lowest BCUT2D eigenvalue weighted by molar-refractivity contribution is -0.258. The van der Waals surface area contributed by atoms with Crippen molar-refractivity contribution in [1.29, 1.82) is 0 Å². The van der Waals surface area contributed by atoms with Gasteiger partial charge in [0.2, 0.25) is 18.0 Å². The molecular formula is C59H74N2O8S. The summed E-state index contributed by atoms with van der Waals surface area (Å²) in [5.74, 6) is 1.20. The molecule has 2 aliphatic heterocycles. The molecule has 0 spiro atoms. The smallest absolute Gasteiger partial charge is 0.239 e. The molecule has 0 bridgehead atoms. The molecule has 11 heteroatoms. The van der Waals surface area contributed by atoms with E-state index in [1.54, 1.807) is 17.8 Å². The van der Waals surface area contributed by atoms with Crippen molar-refractivity contribution in [2.45, 2.75) is 138 Å². The Labute approximate surface area is 419 Å². The molecule has 9 rings (SSSR count). The Morgan fingerprint density at radius 2 is 1.67 bits per heavy atom. The Bertz CT molecular complexity index is 2390. The number of rotatable bonds is 24. The zero-order chi connectivity index (χ0) is 48.1. The molecule has 2 saturated carbocycles. The number of hydrogen-bond acceptors (Lipinski definition) is 10. The van der Waals surface area contributed by atoms with E-state index < -0.39 is 24.0 Å². The fourth-order valence-corrected chi connectivity index (χ4v) is 13.0. The first kappa shape index (κ1) is 50.3. The number of aliphatic hydroxyl groups is 2. The lowest BCUT2D eigenvalue weighted by atomic mass is 9.55. The number of hydrogen-bond donors (Lipinski definition) is 2. The lowest BCUT2D eigenvalue weighted by Gasteiger charge is -2.60. The van der Waals surface area contributed by atoms with E-state index in [1.807, 2.05) is 12.1 Å². The maximum atomic E-state index is 15.6. The molecule has 2 heterocycles. The number of nitrogens with zero attached hydrogens (tertiary/aromatic N) is 2. The number of carbonyl (C=O) groups excluding carboxylic acids is 1. The van der Waals surface area contributed by atoms with E-state index in [4.69, 9.17) is 28.9 Å². The van der Waals surface area contributed by atoms with Crippen molar-refractivity contribution in [2.24, 2.45) is 28.8 Å². The van der Waals surface area contributed by atoms with E-state index >= 15 is 4.79 Å². The molecule has 0 aromatic heterocycles. The summed E-state index contributed by atoms with van der Waals surface area (Å²) in [4.78, 5) is 25.3. The van der Waals surface area contributed by atoms with Gasteiger partial charge in [0.1, 0.15) is 17.5 Å². The number of aliphatic hydroxyl groups excluding tert-OH is 2. The van der Waals surface area contributed by atoms with Gasteiger partial charge in [0.05, 0.1) is 31.5 Å². The van der Waals surface area contributed by atoms with Crippen LogP contribution >= 0.6 is 11.8 Å². The van der Waals surface area contributed by atoms with Gasteiger partial charge in [-0.05, 0) is 115 Å². The zero-order valence-electron chi connectivity index (χ0n) is 41.0. The van der Waals surface area contributed by atoms with Crippen molar-refractivity contribution in [2.75, 3.05) is 38.8 Å². The number of unbranched alkanes of at least 4 members (excludes halogenated alkanes) is 2. The minimum absolute atomic E-state index is 0.0787. The molecule has 4 aromatic carbocycles. The summed E-state index contributed by atoms with van der Waals surface area (Å²) >= 11 is 1.77. The quantitative estimate of drug-likeness (QED) is 0.0306. The Kier molecular flexibility index (Phi) is 17.7. The third kappa shape index (κ3) is 11.7. The molecule has 4 aromatic rings. The summed E-state index contributed by atoms with van der Waals surface area (Å²) in [7, 11) is 0. The van der Waals surface area contributed by atoms with Gasteiger partial charge in [-0.2, -0.15) is 0 Å². The molecule has 70 heavy (non-hydrogen) atoms. The summed E-state index contributed by atoms with van der Waals surface area (Å²) in [6.45, 7) is 6.13. The molecule has 3 fully saturated rings. The van der Waals surface area contributed by atoms with E-state index in [9.17, 15) is 10.2 Å². The first-order valence-corrected chi connectivity index (χ1v) is 27.4. The monoisotopic (exact) mass is 971 g/mol. The van der Waals surface area contributed by atoms with Gasteiger partial charge < -0.3 is 38.9 Å². The average Bonchev–Trinajstić information content (AvgIpc) is 3.93. The van der Waals surface area contributed by atoms with Crippen molar-refractivity contribution in [3.63, 3.8) is 0 Å². The zero-order valence-corrected chi connectivity index (χ0v) is 41.8. The summed E-state index contributed by atoms with van der Waals surface area (Å²) < 4.78 is 27.7. The highest BCUT2D eigenvalue weighted by atomic mass is 32.2. The highest BCUT2D eigenvalue weighted by Gasteiger charge is 2.65. The van der Waals surface area contributed by atoms with Crippen LogP contribution in [0.25, 0.3) is 10.8 Å². The van der Waals surface area contributed by atoms with E-state index in [1.165, 1.54) is 17.7 Å². The van der Waals surface area contributed by atoms with Gasteiger partial charge in [0.15, 0.2) is 0 Å². The standard InChI is InChI=1S/C59H74N2O8S/c1-2-34-67-59-54(61(55(64)31-28-42-17-6-7-18-42)41-45-22-16-21-43-19-8-9-25-48(43)45)40-52(60-69-56-27-12-15-35-66-56)50-38-44(20-10-13-32-62)49(26-11-14-33-63)57(58(50)59)51-39-46(29-30-53(51)68-59)65-36-37-70-47-23-4-3-5-24-47/h2-5,8-9,16,19,21-25,29-30,38-39,42,44,49,54,56-58,62-63H,1,6-7,10-15,17-18,20,26-28,31-37,40-41H2/t44-,49+,54-,56?,57+,58+,59+/m0/s1. The number of amides is 1. The van der Waals surface area contributed by atoms with Gasteiger partial charge >= 0.3 is 0 Å². The topological polar surface area (TPSA) is 119 Å². The van der Waals surface area contributed by atoms with Crippen LogP contribution < -0.4 is 9.47 Å². The van der Waals surface area contributed by atoms with Crippen LogP contribution in [0.15, 0.2) is 125 Å². The van der Waals surface area contributed by atoms with Crippen LogP contribution in [0, 0.1) is 23.7 Å². The minimum Gasteiger partial charge on any atom is -0.493 e. The molecular weight excluding hydrogens is 897 g/mol. The largest absolute Gasteiger partial charge is 0.493 e. The van der Waals surface area contributed by atoms with Gasteiger partial charge in [-0.15, -0.1) is 18.3 Å². The summed E-state index contributed by atoms with van der Waals surface area (Å²) in [6, 6.07) is 30.8. The molecule has 374 valence electrons. The van der Waals surface area contributed by atoms with Crippen LogP contribution in [0.5, 0.6) is 11.5 Å². The second-order valence-electron chi connectivity index (χ2n) is 20.0. The molecule has 2 N–H and O–H groups in total. The predicted octanol–water partition coefficient (Wildman–Crippen LogP) is 12.2. The average molecular weight is 971 g/mol. The molecule has 7 atom stereocenters. The van der Waals surface area contributed by atoms with Gasteiger partial charge in [-0.1, -0.05) is 116 Å². The fraction of sp³-hybridized carbons (Fsp3) is 0.525. The Hall–Kier alpha value is -4.65. The van der Waals surface area contributed by atoms with E-state index in [2.05, 4.69) is 96.4 Å². The Morgan fingerprint density at radius 3 is 2.47 bits per heavy atom. The third-order valence-electron chi connectivity index (χ3n) is 15.6. The highest BCUT2D eigenvalue weighted by molar-refractivity contribution is 7.99. The highest BCUT2D eigenvalue weighted by Crippen LogP contribution is 2.62. The van der Waals surface area contributed by atoms with Crippen LogP contribution in [0.4, 0.5) is 0 Å². The number of ether oxygens (including phenoxy) is 4. The lowest BCUT2D eigenvalue weighted by Crippen LogP contribution is -2.70. The van der Waals surface area contributed by atoms with Crippen LogP contribution in [-0.4, -0.2) is 83.6 Å². The maximum Gasteiger partial charge on any atom is 0.239 e. The van der Waals surface area contributed by atoms with Crippen molar-refractivity contribution in [3.8, 4) is 11.5 Å². The van der Waals surface area contributed by atoms with Crippen molar-refractivity contribution in [1.82, 2.24) is 4.90 Å². The van der Waals surface area contributed by atoms with Crippen LogP contribution in [0.1, 0.15) is 120 Å². The molecule has 0 radical (unpaired) electrons. The van der Waals surface area contributed by atoms with Crippen molar-refractivity contribution < 1.29 is 38.8 Å². The van der Waals surface area contributed by atoms with Gasteiger partial charge in [-0.3, -0.25) is 4.79 Å². The number of fused-ring (bicyclic) bond motifs is 3. The number of thioether (sulfide) groups is 1. The van der Waals surface area contributed by atoms with E-state index in [0.29, 0.717) is 51.4 Å². The minimum atomic E-state index is -1.36. The van der Waals surface area contributed by atoms with Gasteiger partial charge in [0.25, 0.3) is 0 Å². The second kappa shape index (κ2) is 24.7. The number of allylic oxidation sites excluding steroid dienone is 1. The van der Waals surface area contributed by atoms with Crippen LogP contribution in [0.2, 0.25) is 0 Å². The van der Waals surface area contributed by atoms with Crippen molar-refractivity contribution >= 4 is 34.2 Å². The number of carbonyl (C=O) groups is 1. The van der Waals surface area contributed by atoms with E-state index in [-0.39, 0.29) is 43.5 Å². The van der Waals surface area contributed by atoms with Crippen LogP contribution in [0.3, 0.4) is 0 Å². The molecule has 10 nitrogen and oxygen atoms in total. The number of oxime groups is 1. The van der Waals surface area contributed by atoms with Crippen LogP contribution in [-0.2, 0) is 25.7 Å². The Morgan fingerprint density at radius 1 is 0.886 bits per heavy atom. The molecule has 3 aliphatic carbocycles. The second-order valence-corrected chi connectivity index (χ2v) is 21.2. The molecule has 1 unspecified atom stereocenters. The first-order valence-electron chi connectivity index (χ1n) is 26.4. The summed E-state index contributed by atoms with van der Waals surface area (Å²) in [5.41, 5.74) is 3.92. The predicted molar refractivity (Wildman–Crippen MR) is 278 cm³/mol.